The molecule has 2 aromatic carbocycles. The molecule has 2 rings (SSSR count). The van der Waals surface area contributed by atoms with Crippen molar-refractivity contribution >= 4 is 11.9 Å². The summed E-state index contributed by atoms with van der Waals surface area (Å²) in [7, 11) is 0. The van der Waals surface area contributed by atoms with E-state index in [-0.39, 0.29) is 5.56 Å². The number of aliphatic hydroxyl groups is 1. The van der Waals surface area contributed by atoms with Gasteiger partial charge in [0.25, 0.3) is 0 Å². The van der Waals surface area contributed by atoms with Gasteiger partial charge in [-0.1, -0.05) is 42.5 Å². The van der Waals surface area contributed by atoms with Gasteiger partial charge in [0.2, 0.25) is 0 Å². The first-order valence-electron chi connectivity index (χ1n) is 6.97. The zero-order valence-corrected chi connectivity index (χ0v) is 12.3. The molecule has 0 aromatic heterocycles. The number of nitrogens with two attached hydrogens (primary N) is 1. The minimum atomic E-state index is -1.25. The van der Waals surface area contributed by atoms with E-state index < -0.39 is 30.7 Å². The minimum absolute atomic E-state index is 0.256. The summed E-state index contributed by atoms with van der Waals surface area (Å²) in [5.41, 5.74) is 6.90. The summed E-state index contributed by atoms with van der Waals surface area (Å²) in [4.78, 5) is 22.3. The average molecular weight is 315 g/mol. The topological polar surface area (TPSA) is 110 Å². The molecule has 23 heavy (non-hydrogen) atoms. The van der Waals surface area contributed by atoms with Crippen molar-refractivity contribution in [1.29, 1.82) is 0 Å². The second-order valence-electron chi connectivity index (χ2n) is 4.98. The van der Waals surface area contributed by atoms with Crippen LogP contribution in [-0.2, 0) is 9.53 Å². The number of aliphatic hydroxyl groups excluding tert-OH is 1. The Balaban J connectivity index is 2.02. The molecule has 0 fully saturated rings. The van der Waals surface area contributed by atoms with E-state index in [4.69, 9.17) is 15.6 Å². The van der Waals surface area contributed by atoms with Crippen molar-refractivity contribution in [2.45, 2.75) is 12.1 Å². The van der Waals surface area contributed by atoms with E-state index in [1.54, 1.807) is 24.3 Å². The lowest BCUT2D eigenvalue weighted by molar-refractivity contribution is -0.139. The summed E-state index contributed by atoms with van der Waals surface area (Å²) in [6.45, 7) is -0.400. The van der Waals surface area contributed by atoms with Crippen LogP contribution < -0.4 is 5.73 Å². The van der Waals surface area contributed by atoms with Crippen LogP contribution in [0.15, 0.2) is 54.6 Å². The van der Waals surface area contributed by atoms with Crippen molar-refractivity contribution in [3.05, 3.63) is 71.3 Å². The molecular weight excluding hydrogens is 298 g/mol. The van der Waals surface area contributed by atoms with Crippen LogP contribution in [0.3, 0.4) is 0 Å². The van der Waals surface area contributed by atoms with Gasteiger partial charge in [-0.15, -0.1) is 0 Å². The summed E-state index contributed by atoms with van der Waals surface area (Å²) < 4.78 is 4.83. The van der Waals surface area contributed by atoms with E-state index in [2.05, 4.69) is 0 Å². The van der Waals surface area contributed by atoms with Gasteiger partial charge in [-0.25, -0.2) is 4.79 Å². The zero-order chi connectivity index (χ0) is 16.8. The molecule has 0 amide bonds. The number of benzene rings is 2. The molecule has 0 spiro atoms. The number of aliphatic carboxylic acids is 1. The molecule has 0 aliphatic heterocycles. The fourth-order valence-corrected chi connectivity index (χ4v) is 1.95. The number of ether oxygens (including phenoxy) is 1. The third-order valence-electron chi connectivity index (χ3n) is 3.29. The predicted octanol–water partition coefficient (Wildman–Crippen LogP) is 1.34. The zero-order valence-electron chi connectivity index (χ0n) is 12.3. The number of carboxylic acids is 1. The van der Waals surface area contributed by atoms with E-state index in [0.29, 0.717) is 5.56 Å². The van der Waals surface area contributed by atoms with Crippen molar-refractivity contribution in [1.82, 2.24) is 0 Å². The fourth-order valence-electron chi connectivity index (χ4n) is 1.95. The molecule has 6 nitrogen and oxygen atoms in total. The summed E-state index contributed by atoms with van der Waals surface area (Å²) >= 11 is 0. The lowest BCUT2D eigenvalue weighted by atomic mass is 10.0. The summed E-state index contributed by atoms with van der Waals surface area (Å²) in [5, 5.41) is 18.9. The lowest BCUT2D eigenvalue weighted by Crippen LogP contribution is -2.35. The lowest BCUT2D eigenvalue weighted by Gasteiger charge is -2.12. The Labute approximate surface area is 133 Å². The van der Waals surface area contributed by atoms with Gasteiger partial charge in [0.15, 0.2) is 0 Å². The highest BCUT2D eigenvalue weighted by Crippen LogP contribution is 2.22. The van der Waals surface area contributed by atoms with E-state index in [1.165, 1.54) is 12.1 Å². The van der Waals surface area contributed by atoms with Crippen LogP contribution in [0, 0.1) is 0 Å². The first-order valence-corrected chi connectivity index (χ1v) is 6.97. The van der Waals surface area contributed by atoms with Crippen LogP contribution in [0.5, 0.6) is 0 Å². The molecular formula is C17H17NO5. The standard InChI is InChI=1S/C17H17NO5/c18-14(16(20)21)10-23-17(22)13-8-6-12(7-9-13)15(19)11-4-2-1-3-5-11/h1-9,14-15,19H,10,18H2,(H,20,21)/t14-,15?/m0/s1. The molecule has 2 aromatic rings. The number of carboxylic acid groups (broad SMARTS) is 1. The summed E-state index contributed by atoms with van der Waals surface area (Å²) in [5.74, 6) is -1.90. The molecule has 0 aliphatic carbocycles. The smallest absolute Gasteiger partial charge is 0.338 e. The van der Waals surface area contributed by atoms with Crippen molar-refractivity contribution in [3.8, 4) is 0 Å². The third kappa shape index (κ3) is 4.38. The van der Waals surface area contributed by atoms with E-state index >= 15 is 0 Å². The van der Waals surface area contributed by atoms with Crippen LogP contribution in [0.4, 0.5) is 0 Å². The number of esters is 1. The van der Waals surface area contributed by atoms with Crippen LogP contribution in [0.1, 0.15) is 27.6 Å². The normalized spacial score (nSPS) is 13.1. The number of carbonyl (C=O) groups excluding carboxylic acids is 1. The third-order valence-corrected chi connectivity index (χ3v) is 3.29. The number of hydrogen-bond donors (Lipinski definition) is 3. The Morgan fingerprint density at radius 3 is 2.13 bits per heavy atom. The Morgan fingerprint density at radius 1 is 1.00 bits per heavy atom. The van der Waals surface area contributed by atoms with Crippen molar-refractivity contribution in [3.63, 3.8) is 0 Å². The molecule has 0 heterocycles. The van der Waals surface area contributed by atoms with Crippen LogP contribution in [-0.4, -0.2) is 34.8 Å². The summed E-state index contributed by atoms with van der Waals surface area (Å²) in [6, 6.07) is 14.1. The molecule has 4 N–H and O–H groups in total. The number of rotatable bonds is 6. The average Bonchev–Trinajstić information content (AvgIpc) is 2.59. The molecule has 1 unspecified atom stereocenters. The summed E-state index contributed by atoms with van der Waals surface area (Å²) in [6.07, 6.45) is -0.790. The number of hydrogen-bond acceptors (Lipinski definition) is 5. The van der Waals surface area contributed by atoms with Gasteiger partial charge < -0.3 is 20.7 Å². The maximum Gasteiger partial charge on any atom is 0.338 e. The van der Waals surface area contributed by atoms with Gasteiger partial charge in [-0.3, -0.25) is 4.79 Å². The highest BCUT2D eigenvalue weighted by molar-refractivity contribution is 5.89. The maximum atomic E-state index is 11.8. The van der Waals surface area contributed by atoms with Crippen molar-refractivity contribution < 1.29 is 24.5 Å². The molecule has 0 radical (unpaired) electrons. The van der Waals surface area contributed by atoms with Gasteiger partial charge >= 0.3 is 11.9 Å². The fraction of sp³-hybridized carbons (Fsp3) is 0.176. The maximum absolute atomic E-state index is 11.8. The highest BCUT2D eigenvalue weighted by atomic mass is 16.5. The van der Waals surface area contributed by atoms with Gasteiger partial charge in [-0.2, -0.15) is 0 Å². The molecule has 0 saturated carbocycles. The Bertz CT molecular complexity index is 669. The first-order chi connectivity index (χ1) is 11.0. The number of carbonyl (C=O) groups is 2. The molecule has 0 aliphatic rings. The van der Waals surface area contributed by atoms with Crippen LogP contribution >= 0.6 is 0 Å². The Kier molecular flexibility index (Phi) is 5.46. The van der Waals surface area contributed by atoms with Crippen LogP contribution in [0.25, 0.3) is 0 Å². The second kappa shape index (κ2) is 7.53. The Hall–Kier alpha value is -2.70. The minimum Gasteiger partial charge on any atom is -0.480 e. The molecule has 2 atom stereocenters. The monoisotopic (exact) mass is 315 g/mol. The first kappa shape index (κ1) is 16.7. The second-order valence-corrected chi connectivity index (χ2v) is 4.98. The molecule has 0 saturated heterocycles. The van der Waals surface area contributed by atoms with Crippen molar-refractivity contribution in [2.75, 3.05) is 6.61 Å². The van der Waals surface area contributed by atoms with Gasteiger partial charge in [-0.05, 0) is 23.3 Å². The molecule has 6 heteroatoms. The quantitative estimate of drug-likeness (QED) is 0.694. The largest absolute Gasteiger partial charge is 0.480 e. The highest BCUT2D eigenvalue weighted by Gasteiger charge is 2.16. The van der Waals surface area contributed by atoms with Crippen LogP contribution in [0.2, 0.25) is 0 Å². The van der Waals surface area contributed by atoms with E-state index in [9.17, 15) is 14.7 Å². The van der Waals surface area contributed by atoms with E-state index in [0.717, 1.165) is 5.56 Å². The SMILES string of the molecule is N[C@@H](COC(=O)c1ccc(C(O)c2ccccc2)cc1)C(=O)O. The van der Waals surface area contributed by atoms with Crippen molar-refractivity contribution in [2.24, 2.45) is 5.73 Å². The molecule has 0 bridgehead atoms. The van der Waals surface area contributed by atoms with Gasteiger partial charge in [0, 0.05) is 0 Å². The van der Waals surface area contributed by atoms with Gasteiger partial charge in [0.1, 0.15) is 18.8 Å². The predicted molar refractivity (Wildman–Crippen MR) is 82.8 cm³/mol. The molecule has 120 valence electrons. The van der Waals surface area contributed by atoms with Gasteiger partial charge in [0.05, 0.1) is 5.56 Å². The van der Waals surface area contributed by atoms with E-state index in [1.807, 2.05) is 18.2 Å². The Morgan fingerprint density at radius 2 is 1.57 bits per heavy atom.